The topological polar surface area (TPSA) is 23.8 Å². The first-order valence-electron chi connectivity index (χ1n) is 6.84. The zero-order valence-corrected chi connectivity index (χ0v) is 11.2. The summed E-state index contributed by atoms with van der Waals surface area (Å²) in [7, 11) is 0. The maximum Gasteiger partial charge on any atom is 0.0656 e. The molecule has 2 aliphatic carbocycles. The van der Waals surface area contributed by atoms with Crippen molar-refractivity contribution in [1.29, 1.82) is 5.26 Å². The van der Waals surface area contributed by atoms with E-state index in [1.807, 2.05) is 0 Å². The first-order chi connectivity index (χ1) is 8.11. The number of nitriles is 1. The lowest BCUT2D eigenvalue weighted by Crippen LogP contribution is -2.04. The van der Waals surface area contributed by atoms with Crippen molar-refractivity contribution in [3.05, 3.63) is 24.3 Å². The van der Waals surface area contributed by atoms with Gasteiger partial charge < -0.3 is 0 Å². The third-order valence-corrected chi connectivity index (χ3v) is 3.86. The molecule has 0 heterocycles. The normalized spacial score (nSPS) is 22.6. The molecule has 0 spiro atoms. The predicted molar refractivity (Wildman–Crippen MR) is 73.5 cm³/mol. The molecule has 2 rings (SSSR count). The van der Waals surface area contributed by atoms with Crippen LogP contribution in [0.2, 0.25) is 0 Å². The number of hydrogen-bond donors (Lipinski definition) is 0. The summed E-state index contributed by atoms with van der Waals surface area (Å²) < 4.78 is 0. The first kappa shape index (κ1) is 14.0. The SMILES string of the molecule is C=C1CCC(C#N)CC1.C=C1CCC(C)CC1. The van der Waals surface area contributed by atoms with Crippen molar-refractivity contribution in [3.63, 3.8) is 0 Å². The van der Waals surface area contributed by atoms with Crippen molar-refractivity contribution >= 4 is 0 Å². The van der Waals surface area contributed by atoms with Gasteiger partial charge in [-0.2, -0.15) is 5.26 Å². The monoisotopic (exact) mass is 231 g/mol. The number of allylic oxidation sites excluding steroid dienone is 2. The molecule has 0 atom stereocenters. The standard InChI is InChI=1S/C8H11N.C8H14/c1-7-2-4-8(6-9)5-3-7;1-7-3-5-8(2)6-4-7/h8H,1-5H2;8H,1,3-6H2,2H3. The third-order valence-electron chi connectivity index (χ3n) is 3.86. The van der Waals surface area contributed by atoms with E-state index in [0.29, 0.717) is 5.92 Å². The molecule has 1 nitrogen and oxygen atoms in total. The highest BCUT2D eigenvalue weighted by Gasteiger charge is 2.13. The Morgan fingerprint density at radius 3 is 1.71 bits per heavy atom. The summed E-state index contributed by atoms with van der Waals surface area (Å²) in [5.41, 5.74) is 2.78. The second kappa shape index (κ2) is 7.33. The highest BCUT2D eigenvalue weighted by Crippen LogP contribution is 2.26. The van der Waals surface area contributed by atoms with E-state index >= 15 is 0 Å². The van der Waals surface area contributed by atoms with Crippen LogP contribution in [0.25, 0.3) is 0 Å². The average molecular weight is 231 g/mol. The summed E-state index contributed by atoms with van der Waals surface area (Å²) in [6, 6.07) is 2.28. The van der Waals surface area contributed by atoms with Gasteiger partial charge in [-0.25, -0.2) is 0 Å². The van der Waals surface area contributed by atoms with Gasteiger partial charge in [-0.3, -0.25) is 0 Å². The molecule has 17 heavy (non-hydrogen) atoms. The number of rotatable bonds is 0. The van der Waals surface area contributed by atoms with E-state index in [4.69, 9.17) is 5.26 Å². The van der Waals surface area contributed by atoms with E-state index in [9.17, 15) is 0 Å². The molecular formula is C16H25N. The van der Waals surface area contributed by atoms with Crippen molar-refractivity contribution in [2.24, 2.45) is 11.8 Å². The third kappa shape index (κ3) is 5.73. The Morgan fingerprint density at radius 2 is 1.35 bits per heavy atom. The molecule has 0 aromatic carbocycles. The maximum absolute atomic E-state index is 8.50. The van der Waals surface area contributed by atoms with E-state index in [2.05, 4.69) is 26.2 Å². The van der Waals surface area contributed by atoms with Gasteiger partial charge >= 0.3 is 0 Å². The molecule has 0 unspecified atom stereocenters. The highest BCUT2D eigenvalue weighted by molar-refractivity contribution is 5.02. The summed E-state index contributed by atoms with van der Waals surface area (Å²) >= 11 is 0. The minimum absolute atomic E-state index is 0.315. The Morgan fingerprint density at radius 1 is 0.941 bits per heavy atom. The largest absolute Gasteiger partial charge is 0.198 e. The summed E-state index contributed by atoms with van der Waals surface area (Å²) in [6.45, 7) is 10.1. The molecule has 0 bridgehead atoms. The Bertz CT molecular complexity index is 288. The fourth-order valence-corrected chi connectivity index (χ4v) is 2.33. The van der Waals surface area contributed by atoms with Gasteiger partial charge in [-0.15, -0.1) is 0 Å². The molecule has 0 radical (unpaired) electrons. The van der Waals surface area contributed by atoms with Crippen LogP contribution in [0.1, 0.15) is 58.3 Å². The lowest BCUT2D eigenvalue weighted by atomic mass is 9.88. The molecule has 1 heteroatoms. The van der Waals surface area contributed by atoms with Crippen LogP contribution in [-0.4, -0.2) is 0 Å². The maximum atomic E-state index is 8.50. The summed E-state index contributed by atoms with van der Waals surface area (Å²) in [5.74, 6) is 1.27. The van der Waals surface area contributed by atoms with Crippen LogP contribution >= 0.6 is 0 Å². The van der Waals surface area contributed by atoms with Crippen LogP contribution in [-0.2, 0) is 0 Å². The summed E-state index contributed by atoms with van der Waals surface area (Å²) in [4.78, 5) is 0. The summed E-state index contributed by atoms with van der Waals surface area (Å²) in [6.07, 6.45) is 9.51. The van der Waals surface area contributed by atoms with Gasteiger partial charge in [-0.05, 0) is 57.3 Å². The van der Waals surface area contributed by atoms with E-state index in [0.717, 1.165) is 31.6 Å². The Kier molecular flexibility index (Phi) is 6.05. The van der Waals surface area contributed by atoms with Crippen LogP contribution in [0.15, 0.2) is 24.3 Å². The molecule has 2 saturated carbocycles. The number of nitrogens with zero attached hydrogens (tertiary/aromatic N) is 1. The van der Waals surface area contributed by atoms with Crippen molar-refractivity contribution in [2.75, 3.05) is 0 Å². The van der Waals surface area contributed by atoms with Crippen molar-refractivity contribution in [1.82, 2.24) is 0 Å². The van der Waals surface area contributed by atoms with Crippen LogP contribution in [0.4, 0.5) is 0 Å². The van der Waals surface area contributed by atoms with Crippen LogP contribution in [0, 0.1) is 23.2 Å². The number of hydrogen-bond acceptors (Lipinski definition) is 1. The van der Waals surface area contributed by atoms with Gasteiger partial charge in [0.05, 0.1) is 6.07 Å². The predicted octanol–water partition coefficient (Wildman–Crippen LogP) is 5.01. The molecule has 2 fully saturated rings. The Balaban J connectivity index is 0.000000171. The second-order valence-corrected chi connectivity index (χ2v) is 5.59. The zero-order chi connectivity index (χ0) is 12.7. The lowest BCUT2D eigenvalue weighted by molar-refractivity contribution is 0.445. The van der Waals surface area contributed by atoms with E-state index < -0.39 is 0 Å². The fraction of sp³-hybridized carbons (Fsp3) is 0.688. The lowest BCUT2D eigenvalue weighted by Gasteiger charge is -2.18. The van der Waals surface area contributed by atoms with Gasteiger partial charge in [0, 0.05) is 5.92 Å². The molecule has 0 aliphatic heterocycles. The molecule has 0 aromatic rings. The Hall–Kier alpha value is -1.03. The first-order valence-corrected chi connectivity index (χ1v) is 6.84. The van der Waals surface area contributed by atoms with Crippen molar-refractivity contribution < 1.29 is 0 Å². The van der Waals surface area contributed by atoms with E-state index in [-0.39, 0.29) is 0 Å². The molecular weight excluding hydrogens is 206 g/mol. The minimum atomic E-state index is 0.315. The van der Waals surface area contributed by atoms with Crippen LogP contribution in [0.5, 0.6) is 0 Å². The Labute approximate surface area is 106 Å². The van der Waals surface area contributed by atoms with Gasteiger partial charge in [0.25, 0.3) is 0 Å². The molecule has 2 aliphatic rings. The van der Waals surface area contributed by atoms with Gasteiger partial charge in [0.2, 0.25) is 0 Å². The van der Waals surface area contributed by atoms with Crippen LogP contribution < -0.4 is 0 Å². The highest BCUT2D eigenvalue weighted by atomic mass is 14.3. The molecule has 0 aromatic heterocycles. The zero-order valence-electron chi connectivity index (χ0n) is 11.2. The minimum Gasteiger partial charge on any atom is -0.198 e. The van der Waals surface area contributed by atoms with E-state index in [1.54, 1.807) is 0 Å². The molecule has 0 N–H and O–H groups in total. The van der Waals surface area contributed by atoms with E-state index in [1.165, 1.54) is 36.8 Å². The molecule has 0 saturated heterocycles. The average Bonchev–Trinajstić information content (AvgIpc) is 2.35. The van der Waals surface area contributed by atoms with Crippen molar-refractivity contribution in [3.8, 4) is 6.07 Å². The van der Waals surface area contributed by atoms with Gasteiger partial charge in [0.15, 0.2) is 0 Å². The van der Waals surface area contributed by atoms with Gasteiger partial charge in [-0.1, -0.05) is 31.2 Å². The van der Waals surface area contributed by atoms with Gasteiger partial charge in [0.1, 0.15) is 0 Å². The molecule has 94 valence electrons. The fourth-order valence-electron chi connectivity index (χ4n) is 2.33. The molecule has 0 amide bonds. The smallest absolute Gasteiger partial charge is 0.0656 e. The summed E-state index contributed by atoms with van der Waals surface area (Å²) in [5, 5.41) is 8.50. The quantitative estimate of drug-likeness (QED) is 0.538. The van der Waals surface area contributed by atoms with Crippen LogP contribution in [0.3, 0.4) is 0 Å². The van der Waals surface area contributed by atoms with Crippen molar-refractivity contribution in [2.45, 2.75) is 58.3 Å². The second-order valence-electron chi connectivity index (χ2n) is 5.59.